The second-order valence-corrected chi connectivity index (χ2v) is 15.5. The van der Waals surface area contributed by atoms with Crippen LogP contribution >= 0.6 is 0 Å². The van der Waals surface area contributed by atoms with Gasteiger partial charge in [-0.25, -0.2) is 0 Å². The number of hydrogen-bond acceptors (Lipinski definition) is 1. The van der Waals surface area contributed by atoms with Crippen molar-refractivity contribution in [3.63, 3.8) is 0 Å². The topological polar surface area (TPSA) is 9.23 Å². The van der Waals surface area contributed by atoms with Crippen LogP contribution in [0, 0.1) is 35.0 Å². The highest BCUT2D eigenvalue weighted by atomic mass is 28.4. The molecule has 0 aromatic rings. The predicted molar refractivity (Wildman–Crippen MR) is 137 cm³/mol. The Morgan fingerprint density at radius 3 is 2.19 bits per heavy atom. The van der Waals surface area contributed by atoms with Gasteiger partial charge in [0.25, 0.3) is 0 Å². The van der Waals surface area contributed by atoms with Crippen molar-refractivity contribution in [2.75, 3.05) is 6.61 Å². The molecule has 0 heterocycles. The number of fused-ring (bicyclic) bond motifs is 3. The van der Waals surface area contributed by atoms with Gasteiger partial charge in [-0.15, -0.1) is 0 Å². The Labute approximate surface area is 193 Å². The molecule has 2 heteroatoms. The number of allylic oxidation sites excluding steroid dienone is 8. The van der Waals surface area contributed by atoms with Crippen molar-refractivity contribution in [2.24, 2.45) is 35.0 Å². The Balaban J connectivity index is 1.66. The van der Waals surface area contributed by atoms with Gasteiger partial charge in [0, 0.05) is 6.61 Å². The molecule has 0 spiro atoms. The van der Waals surface area contributed by atoms with Crippen LogP contribution in [0.1, 0.15) is 72.6 Å². The van der Waals surface area contributed by atoms with Crippen molar-refractivity contribution in [3.8, 4) is 0 Å². The van der Waals surface area contributed by atoms with Crippen LogP contribution in [0.5, 0.6) is 0 Å². The molecule has 0 aliphatic heterocycles. The zero-order valence-electron chi connectivity index (χ0n) is 20.6. The lowest BCUT2D eigenvalue weighted by molar-refractivity contribution is 0.0710. The third-order valence-corrected chi connectivity index (χ3v) is 14.7. The highest BCUT2D eigenvalue weighted by Gasteiger charge is 2.57. The summed E-state index contributed by atoms with van der Waals surface area (Å²) in [6, 6.07) is 3.78. The monoisotopic (exact) mass is 438 g/mol. The second kappa shape index (κ2) is 9.95. The lowest BCUT2D eigenvalue weighted by Gasteiger charge is -2.47. The van der Waals surface area contributed by atoms with Gasteiger partial charge in [-0.2, -0.15) is 0 Å². The van der Waals surface area contributed by atoms with Crippen LogP contribution in [0.3, 0.4) is 0 Å². The summed E-state index contributed by atoms with van der Waals surface area (Å²) in [6.07, 6.45) is 26.5. The average Bonchev–Trinajstić information content (AvgIpc) is 3.48. The van der Waals surface area contributed by atoms with Crippen LogP contribution < -0.4 is 0 Å². The first-order valence-electron chi connectivity index (χ1n) is 13.5. The summed E-state index contributed by atoms with van der Waals surface area (Å²) < 4.78 is 6.89. The van der Waals surface area contributed by atoms with Gasteiger partial charge in [-0.3, -0.25) is 0 Å². The Hall–Kier alpha value is -0.863. The van der Waals surface area contributed by atoms with Crippen molar-refractivity contribution in [3.05, 3.63) is 48.1 Å². The predicted octanol–water partition coefficient (Wildman–Crippen LogP) is 8.48. The highest BCUT2D eigenvalue weighted by Crippen LogP contribution is 2.63. The molecule has 0 amide bonds. The SMILES string of the molecule is CCC(CCO[Si](CC)(CC)CC)(C1=CC=CC1)C1C2C=CC=CC2C2CCCCC21. The normalized spacial score (nSPS) is 33.8. The van der Waals surface area contributed by atoms with Gasteiger partial charge in [0.1, 0.15) is 0 Å². The van der Waals surface area contributed by atoms with Gasteiger partial charge in [-0.05, 0) is 85.2 Å². The van der Waals surface area contributed by atoms with Crippen molar-refractivity contribution in [2.45, 2.75) is 90.8 Å². The van der Waals surface area contributed by atoms with Crippen molar-refractivity contribution in [1.29, 1.82) is 0 Å². The van der Waals surface area contributed by atoms with E-state index in [9.17, 15) is 0 Å². The van der Waals surface area contributed by atoms with Gasteiger partial charge in [0.2, 0.25) is 0 Å². The fraction of sp³-hybridized carbons (Fsp3) is 0.724. The standard InChI is InChI=1S/C29H46OSi/c1-5-29(23-15-9-10-16-23,21-22-30-31(6-2,7-3)8-4)28-26-19-13-11-17-24(26)25-18-12-14-20-27(25)28/h9-11,13,15,17,19,24-28H,5-8,12,14,16,18,20-22H2,1-4H3. The molecule has 2 saturated carbocycles. The number of rotatable bonds is 10. The molecular formula is C29H46OSi. The highest BCUT2D eigenvalue weighted by molar-refractivity contribution is 6.73. The number of hydrogen-bond donors (Lipinski definition) is 0. The van der Waals surface area contributed by atoms with E-state index in [0.29, 0.717) is 5.41 Å². The van der Waals surface area contributed by atoms with E-state index in [1.54, 1.807) is 5.57 Å². The van der Waals surface area contributed by atoms with E-state index in [0.717, 1.165) is 42.6 Å². The van der Waals surface area contributed by atoms with Crippen LogP contribution in [-0.4, -0.2) is 14.9 Å². The van der Waals surface area contributed by atoms with E-state index in [1.807, 2.05) is 0 Å². The first-order chi connectivity index (χ1) is 15.1. The molecule has 0 aromatic heterocycles. The summed E-state index contributed by atoms with van der Waals surface area (Å²) in [5.74, 6) is 4.08. The van der Waals surface area contributed by atoms with Gasteiger partial charge in [0.05, 0.1) is 0 Å². The first-order valence-corrected chi connectivity index (χ1v) is 16.0. The lowest BCUT2D eigenvalue weighted by atomic mass is 9.58. The van der Waals surface area contributed by atoms with Crippen molar-refractivity contribution in [1.82, 2.24) is 0 Å². The van der Waals surface area contributed by atoms with Crippen LogP contribution in [0.15, 0.2) is 48.1 Å². The molecule has 1 nitrogen and oxygen atoms in total. The Morgan fingerprint density at radius 1 is 0.903 bits per heavy atom. The molecule has 0 aromatic carbocycles. The molecule has 4 aliphatic rings. The van der Waals surface area contributed by atoms with Crippen LogP contribution in [-0.2, 0) is 4.43 Å². The molecule has 0 saturated heterocycles. The molecule has 6 atom stereocenters. The fourth-order valence-corrected chi connectivity index (χ4v) is 10.8. The van der Waals surface area contributed by atoms with E-state index in [1.165, 1.54) is 56.7 Å². The summed E-state index contributed by atoms with van der Waals surface area (Å²) in [6.45, 7) is 10.5. The molecule has 31 heavy (non-hydrogen) atoms. The van der Waals surface area contributed by atoms with E-state index in [4.69, 9.17) is 4.43 Å². The van der Waals surface area contributed by atoms with E-state index in [-0.39, 0.29) is 0 Å². The average molecular weight is 439 g/mol. The molecule has 0 bridgehead atoms. The van der Waals surface area contributed by atoms with E-state index >= 15 is 0 Å². The Morgan fingerprint density at radius 2 is 1.58 bits per heavy atom. The molecular weight excluding hydrogens is 392 g/mol. The summed E-state index contributed by atoms with van der Waals surface area (Å²) in [4.78, 5) is 0. The largest absolute Gasteiger partial charge is 0.417 e. The smallest absolute Gasteiger partial charge is 0.191 e. The molecule has 0 N–H and O–H groups in total. The zero-order chi connectivity index (χ0) is 21.9. The van der Waals surface area contributed by atoms with Gasteiger partial charge < -0.3 is 4.43 Å². The maximum Gasteiger partial charge on any atom is 0.191 e. The van der Waals surface area contributed by atoms with Gasteiger partial charge >= 0.3 is 0 Å². The van der Waals surface area contributed by atoms with Crippen molar-refractivity contribution < 1.29 is 4.43 Å². The van der Waals surface area contributed by atoms with Crippen LogP contribution in [0.2, 0.25) is 18.1 Å². The molecule has 4 rings (SSSR count). The quantitative estimate of drug-likeness (QED) is 0.311. The molecule has 4 aliphatic carbocycles. The van der Waals surface area contributed by atoms with Crippen LogP contribution in [0.25, 0.3) is 0 Å². The fourth-order valence-electron chi connectivity index (χ4n) is 8.11. The summed E-state index contributed by atoms with van der Waals surface area (Å²) in [5.41, 5.74) is 2.02. The summed E-state index contributed by atoms with van der Waals surface area (Å²) in [5, 5.41) is 0. The molecule has 172 valence electrons. The molecule has 0 radical (unpaired) electrons. The summed E-state index contributed by atoms with van der Waals surface area (Å²) in [7, 11) is -1.54. The van der Waals surface area contributed by atoms with Crippen molar-refractivity contribution >= 4 is 8.32 Å². The van der Waals surface area contributed by atoms with E-state index in [2.05, 4.69) is 70.2 Å². The molecule has 2 fully saturated rings. The third-order valence-electron chi connectivity index (χ3n) is 10.0. The van der Waals surface area contributed by atoms with Crippen LogP contribution in [0.4, 0.5) is 0 Å². The Bertz CT molecular complexity index is 719. The van der Waals surface area contributed by atoms with E-state index < -0.39 is 8.32 Å². The minimum absolute atomic E-state index is 0.300. The van der Waals surface area contributed by atoms with Gasteiger partial charge in [0.15, 0.2) is 8.32 Å². The zero-order valence-corrected chi connectivity index (χ0v) is 21.6. The maximum atomic E-state index is 6.89. The second-order valence-electron chi connectivity index (χ2n) is 10.7. The minimum Gasteiger partial charge on any atom is -0.417 e. The lowest BCUT2D eigenvalue weighted by Crippen LogP contribution is -2.42. The first kappa shape index (κ1) is 23.3. The summed E-state index contributed by atoms with van der Waals surface area (Å²) >= 11 is 0. The van der Waals surface area contributed by atoms with Gasteiger partial charge in [-0.1, -0.05) is 88.6 Å². The molecule has 6 unspecified atom stereocenters. The Kier molecular flexibility index (Phi) is 7.48. The third kappa shape index (κ3) is 4.12. The minimum atomic E-state index is -1.54. The maximum absolute atomic E-state index is 6.89.